The van der Waals surface area contributed by atoms with Crippen molar-refractivity contribution in [1.29, 1.82) is 0 Å². The lowest BCUT2D eigenvalue weighted by molar-refractivity contribution is 0.0684. The van der Waals surface area contributed by atoms with Crippen molar-refractivity contribution in [1.82, 2.24) is 9.97 Å². The normalized spacial score (nSPS) is 10.8. The predicted octanol–water partition coefficient (Wildman–Crippen LogP) is 5.40. The van der Waals surface area contributed by atoms with Crippen LogP contribution in [0.15, 0.2) is 89.2 Å². The number of rotatable bonds is 7. The van der Waals surface area contributed by atoms with Gasteiger partial charge in [-0.3, -0.25) is 0 Å². The zero-order valence-corrected chi connectivity index (χ0v) is 17.5. The average molecular weight is 455 g/mol. The monoisotopic (exact) mass is 455 g/mol. The maximum Gasteiger partial charge on any atom is 0.339 e. The zero-order chi connectivity index (χ0) is 24.1. The second-order valence-corrected chi connectivity index (χ2v) is 7.00. The lowest BCUT2D eigenvalue weighted by Crippen LogP contribution is -1.99. The van der Waals surface area contributed by atoms with Crippen LogP contribution >= 0.6 is 0 Å². The highest BCUT2D eigenvalue weighted by Gasteiger charge is 2.11. The second-order valence-electron chi connectivity index (χ2n) is 7.00. The number of aromatic nitrogens is 2. The lowest BCUT2D eigenvalue weighted by atomic mass is 10.1. The van der Waals surface area contributed by atoms with Gasteiger partial charge >= 0.3 is 11.9 Å². The van der Waals surface area contributed by atoms with Crippen molar-refractivity contribution in [3.8, 4) is 17.0 Å². The molecule has 34 heavy (non-hydrogen) atoms. The minimum atomic E-state index is -1.27. The molecule has 0 radical (unpaired) electrons. The third-order valence-electron chi connectivity index (χ3n) is 4.71. The maximum atomic E-state index is 11.2. The van der Waals surface area contributed by atoms with Crippen LogP contribution in [0.5, 0.6) is 5.75 Å². The van der Waals surface area contributed by atoms with Crippen LogP contribution in [0, 0.1) is 0 Å². The van der Waals surface area contributed by atoms with Gasteiger partial charge in [-0.1, -0.05) is 18.2 Å². The molecular weight excluding hydrogens is 438 g/mol. The number of nitrogens with one attached hydrogen (secondary N) is 1. The van der Waals surface area contributed by atoms with Crippen LogP contribution in [0.4, 0.5) is 23.0 Å². The van der Waals surface area contributed by atoms with Crippen LogP contribution in [0.1, 0.15) is 20.7 Å². The number of nitrogens with zero attached hydrogens (tertiary/aromatic N) is 4. The van der Waals surface area contributed by atoms with E-state index in [1.54, 1.807) is 36.5 Å². The van der Waals surface area contributed by atoms with Gasteiger partial charge in [-0.25, -0.2) is 19.6 Å². The van der Waals surface area contributed by atoms with Gasteiger partial charge in [0.15, 0.2) is 0 Å². The van der Waals surface area contributed by atoms with E-state index in [4.69, 9.17) is 10.2 Å². The summed E-state index contributed by atoms with van der Waals surface area (Å²) in [6.45, 7) is 0. The summed E-state index contributed by atoms with van der Waals surface area (Å²) in [4.78, 5) is 30.9. The molecule has 0 aliphatic heterocycles. The van der Waals surface area contributed by atoms with E-state index in [1.165, 1.54) is 30.3 Å². The minimum Gasteiger partial charge on any atom is -0.507 e. The van der Waals surface area contributed by atoms with Crippen LogP contribution in [0.25, 0.3) is 11.3 Å². The van der Waals surface area contributed by atoms with E-state index in [0.717, 1.165) is 0 Å². The van der Waals surface area contributed by atoms with Crippen LogP contribution in [-0.4, -0.2) is 37.2 Å². The van der Waals surface area contributed by atoms with E-state index in [2.05, 4.69) is 25.5 Å². The Morgan fingerprint density at radius 1 is 0.853 bits per heavy atom. The highest BCUT2D eigenvalue weighted by Crippen LogP contribution is 2.31. The first-order chi connectivity index (χ1) is 16.4. The number of anilines is 2. The smallest absolute Gasteiger partial charge is 0.339 e. The number of carbonyl (C=O) groups is 2. The standard InChI is InChI=1S/C24H17N5O5/c30-21-10-9-16(13-18(21)23(33)34)28-29-20-4-2-1-3-17(20)19-11-12-25-24(27-19)26-15-7-5-14(6-8-15)22(31)32/h1-13,30H,(H,31,32)(H,33,34)(H,25,26,27)/b29-28+. The zero-order valence-electron chi connectivity index (χ0n) is 17.5. The number of hydrogen-bond donors (Lipinski definition) is 4. The van der Waals surface area contributed by atoms with Crippen molar-refractivity contribution in [3.05, 3.63) is 90.1 Å². The van der Waals surface area contributed by atoms with E-state index < -0.39 is 11.9 Å². The first kappa shape index (κ1) is 22.1. The van der Waals surface area contributed by atoms with E-state index in [9.17, 15) is 14.7 Å². The molecule has 1 aromatic heterocycles. The van der Waals surface area contributed by atoms with Gasteiger partial charge in [0, 0.05) is 17.4 Å². The molecule has 0 bridgehead atoms. The fraction of sp³-hybridized carbons (Fsp3) is 0. The molecule has 4 N–H and O–H groups in total. The average Bonchev–Trinajstić information content (AvgIpc) is 2.84. The minimum absolute atomic E-state index is 0.170. The van der Waals surface area contributed by atoms with E-state index in [-0.39, 0.29) is 22.6 Å². The highest BCUT2D eigenvalue weighted by molar-refractivity contribution is 5.91. The SMILES string of the molecule is O=C(O)c1ccc(Nc2nccc(-c3ccccc3/N=N/c3ccc(O)c(C(=O)O)c3)n2)cc1. The Kier molecular flexibility index (Phi) is 6.22. The molecule has 168 valence electrons. The fourth-order valence-corrected chi connectivity index (χ4v) is 3.04. The molecular formula is C24H17N5O5. The summed E-state index contributed by atoms with van der Waals surface area (Å²) >= 11 is 0. The molecule has 0 aliphatic rings. The predicted molar refractivity (Wildman–Crippen MR) is 123 cm³/mol. The summed E-state index contributed by atoms with van der Waals surface area (Å²) in [6, 6.07) is 19.0. The van der Waals surface area contributed by atoms with Gasteiger partial charge in [0.1, 0.15) is 11.3 Å². The molecule has 0 atom stereocenters. The number of aromatic hydroxyl groups is 1. The molecule has 4 rings (SSSR count). The molecule has 0 saturated carbocycles. The van der Waals surface area contributed by atoms with Crippen LogP contribution in [0.3, 0.4) is 0 Å². The topological polar surface area (TPSA) is 157 Å². The van der Waals surface area contributed by atoms with Crippen molar-refractivity contribution < 1.29 is 24.9 Å². The third-order valence-corrected chi connectivity index (χ3v) is 4.71. The van der Waals surface area contributed by atoms with Crippen LogP contribution in [0.2, 0.25) is 0 Å². The number of carboxylic acid groups (broad SMARTS) is 2. The Balaban J connectivity index is 1.60. The molecule has 0 fully saturated rings. The summed E-state index contributed by atoms with van der Waals surface area (Å²) in [7, 11) is 0. The molecule has 0 amide bonds. The fourth-order valence-electron chi connectivity index (χ4n) is 3.04. The number of carboxylic acids is 2. The highest BCUT2D eigenvalue weighted by atomic mass is 16.4. The Morgan fingerprint density at radius 3 is 2.35 bits per heavy atom. The van der Waals surface area contributed by atoms with Crippen molar-refractivity contribution in [2.75, 3.05) is 5.32 Å². The number of aromatic carboxylic acids is 2. The molecule has 1 heterocycles. The summed E-state index contributed by atoms with van der Waals surface area (Å²) < 4.78 is 0. The lowest BCUT2D eigenvalue weighted by Gasteiger charge is -2.08. The summed E-state index contributed by atoms with van der Waals surface area (Å²) in [6.07, 6.45) is 1.57. The molecule has 0 saturated heterocycles. The number of benzene rings is 3. The molecule has 10 heteroatoms. The molecule has 3 aromatic carbocycles. The summed E-state index contributed by atoms with van der Waals surface area (Å²) in [5, 5.41) is 39.2. The Hall–Kier alpha value is -5.12. The quantitative estimate of drug-likeness (QED) is 0.270. The van der Waals surface area contributed by atoms with Crippen molar-refractivity contribution in [2.24, 2.45) is 10.2 Å². The number of hydrogen-bond acceptors (Lipinski definition) is 8. The van der Waals surface area contributed by atoms with Crippen LogP contribution < -0.4 is 5.32 Å². The van der Waals surface area contributed by atoms with Gasteiger partial charge in [0.2, 0.25) is 5.95 Å². The maximum absolute atomic E-state index is 11.2. The number of phenols is 1. The largest absolute Gasteiger partial charge is 0.507 e. The van der Waals surface area contributed by atoms with Crippen molar-refractivity contribution in [3.63, 3.8) is 0 Å². The molecule has 0 unspecified atom stereocenters. The van der Waals surface area contributed by atoms with E-state index in [0.29, 0.717) is 28.6 Å². The van der Waals surface area contributed by atoms with Crippen LogP contribution in [-0.2, 0) is 0 Å². The molecule has 4 aromatic rings. The van der Waals surface area contributed by atoms with E-state index in [1.807, 2.05) is 12.1 Å². The Bertz CT molecular complexity index is 1400. The Morgan fingerprint density at radius 2 is 1.62 bits per heavy atom. The first-order valence-electron chi connectivity index (χ1n) is 9.91. The third kappa shape index (κ3) is 5.02. The van der Waals surface area contributed by atoms with Gasteiger partial charge in [-0.05, 0) is 54.6 Å². The number of azo groups is 1. The van der Waals surface area contributed by atoms with Crippen molar-refractivity contribution in [2.45, 2.75) is 0 Å². The molecule has 0 spiro atoms. The summed E-state index contributed by atoms with van der Waals surface area (Å²) in [5.41, 5.74) is 2.50. The van der Waals surface area contributed by atoms with E-state index >= 15 is 0 Å². The first-order valence-corrected chi connectivity index (χ1v) is 9.91. The van der Waals surface area contributed by atoms with Crippen molar-refractivity contribution >= 4 is 34.9 Å². The second kappa shape index (κ2) is 9.57. The summed E-state index contributed by atoms with van der Waals surface area (Å²) in [5.74, 6) is -2.34. The van der Waals surface area contributed by atoms with Gasteiger partial charge in [0.05, 0.1) is 22.6 Å². The van der Waals surface area contributed by atoms with Gasteiger partial charge in [0.25, 0.3) is 0 Å². The Labute approximate surface area is 192 Å². The van der Waals surface area contributed by atoms with Gasteiger partial charge in [-0.15, -0.1) is 5.11 Å². The molecule has 0 aliphatic carbocycles. The van der Waals surface area contributed by atoms with Gasteiger partial charge < -0.3 is 20.6 Å². The molecule has 10 nitrogen and oxygen atoms in total. The van der Waals surface area contributed by atoms with Gasteiger partial charge in [-0.2, -0.15) is 5.11 Å².